The van der Waals surface area contributed by atoms with Crippen LogP contribution in [0.15, 0.2) is 17.8 Å². The molecule has 10 heteroatoms. The maximum absolute atomic E-state index is 11.8. The summed E-state index contributed by atoms with van der Waals surface area (Å²) in [5.74, 6) is 0.199. The van der Waals surface area contributed by atoms with Crippen molar-refractivity contribution in [3.05, 3.63) is 23.4 Å². The lowest BCUT2D eigenvalue weighted by molar-refractivity contribution is -0.124. The predicted molar refractivity (Wildman–Crippen MR) is 91.4 cm³/mol. The summed E-state index contributed by atoms with van der Waals surface area (Å²) >= 11 is 0. The monoisotopic (exact) mass is 356 g/mol. The van der Waals surface area contributed by atoms with Gasteiger partial charge in [-0.15, -0.1) is 0 Å². The summed E-state index contributed by atoms with van der Waals surface area (Å²) < 4.78 is 6.21. The first-order valence-corrected chi connectivity index (χ1v) is 8.08. The van der Waals surface area contributed by atoms with E-state index in [1.54, 1.807) is 22.9 Å². The maximum atomic E-state index is 11.8. The molecule has 0 aromatic carbocycles. The lowest BCUT2D eigenvalue weighted by atomic mass is 10.1. The topological polar surface area (TPSA) is 127 Å². The summed E-state index contributed by atoms with van der Waals surface area (Å²) in [6.07, 6.45) is 4.64. The first-order valence-electron chi connectivity index (χ1n) is 8.08. The Kier molecular flexibility index (Phi) is 3.79. The third-order valence-electron chi connectivity index (χ3n) is 4.07. The van der Waals surface area contributed by atoms with Crippen LogP contribution in [0.25, 0.3) is 11.7 Å². The fourth-order valence-electron chi connectivity index (χ4n) is 2.65. The van der Waals surface area contributed by atoms with Crippen molar-refractivity contribution in [3.8, 4) is 0 Å². The molecule has 4 rings (SSSR count). The average Bonchev–Trinajstić information content (AvgIpc) is 3.24. The number of fused-ring (bicyclic) bond motifs is 1. The average molecular weight is 356 g/mol. The van der Waals surface area contributed by atoms with Gasteiger partial charge in [-0.25, -0.2) is 9.78 Å². The normalized spacial score (nSPS) is 18.3. The number of anilines is 2. The summed E-state index contributed by atoms with van der Waals surface area (Å²) in [5.41, 5.74) is 1.36. The van der Waals surface area contributed by atoms with Crippen LogP contribution >= 0.6 is 0 Å². The molecule has 2 aromatic heterocycles. The van der Waals surface area contributed by atoms with E-state index in [4.69, 9.17) is 0 Å². The van der Waals surface area contributed by atoms with Crippen molar-refractivity contribution in [1.82, 2.24) is 19.9 Å². The van der Waals surface area contributed by atoms with Gasteiger partial charge >= 0.3 is 6.09 Å². The molecule has 0 radical (unpaired) electrons. The summed E-state index contributed by atoms with van der Waals surface area (Å²) in [6.45, 7) is 0. The first-order chi connectivity index (χ1) is 12.5. The van der Waals surface area contributed by atoms with E-state index in [1.165, 1.54) is 7.11 Å². The Balaban J connectivity index is 1.77. The van der Waals surface area contributed by atoms with Gasteiger partial charge in [-0.3, -0.25) is 20.2 Å². The van der Waals surface area contributed by atoms with E-state index in [1.807, 2.05) is 0 Å². The molecule has 26 heavy (non-hydrogen) atoms. The Morgan fingerprint density at radius 1 is 1.42 bits per heavy atom. The zero-order chi connectivity index (χ0) is 18.3. The molecule has 3 heterocycles. The van der Waals surface area contributed by atoms with Gasteiger partial charge in [-0.1, -0.05) is 0 Å². The van der Waals surface area contributed by atoms with Crippen LogP contribution in [-0.4, -0.2) is 45.7 Å². The van der Waals surface area contributed by atoms with Gasteiger partial charge in [-0.05, 0) is 18.9 Å². The fraction of sp³-hybridized carbons (Fsp3) is 0.312. The van der Waals surface area contributed by atoms with Gasteiger partial charge in [0.1, 0.15) is 11.6 Å². The number of rotatable bonds is 4. The number of hydrogen-bond donors (Lipinski definition) is 3. The molecule has 0 bridgehead atoms. The molecule has 10 nitrogen and oxygen atoms in total. The molecule has 1 saturated carbocycles. The minimum Gasteiger partial charge on any atom is -0.453 e. The lowest BCUT2D eigenvalue weighted by Crippen LogP contribution is -2.19. The molecule has 0 spiro atoms. The number of carbonyl (C=O) groups is 3. The molecule has 134 valence electrons. The molecule has 0 atom stereocenters. The van der Waals surface area contributed by atoms with Crippen LogP contribution in [0, 0.1) is 0 Å². The molecular formula is C16H16N6O4. The van der Waals surface area contributed by atoms with Crippen molar-refractivity contribution in [1.29, 1.82) is 0 Å². The molecule has 0 unspecified atom stereocenters. The van der Waals surface area contributed by atoms with E-state index in [0.29, 0.717) is 34.5 Å². The highest BCUT2D eigenvalue weighted by Crippen LogP contribution is 2.28. The van der Waals surface area contributed by atoms with E-state index >= 15 is 0 Å². The standard InChI is InChI=1S/C16H16N6O4/c1-26-16(25)20-11-6-12(18-10-2-3-10)22-14(19-11)9(7-17-22)4-8-5-13(23)21-15(8)24/h4,6-7,10,18H,2-3,5H2,1H3,(H,19,20,25)(H,21,23,24)/b8-4+. The number of hydrogen-bond acceptors (Lipinski definition) is 7. The van der Waals surface area contributed by atoms with Crippen LogP contribution < -0.4 is 16.0 Å². The number of carbonyl (C=O) groups excluding carboxylic acids is 3. The Morgan fingerprint density at radius 2 is 2.23 bits per heavy atom. The summed E-state index contributed by atoms with van der Waals surface area (Å²) in [7, 11) is 1.27. The van der Waals surface area contributed by atoms with E-state index in [9.17, 15) is 14.4 Å². The molecule has 1 aliphatic carbocycles. The van der Waals surface area contributed by atoms with Crippen molar-refractivity contribution < 1.29 is 19.1 Å². The van der Waals surface area contributed by atoms with Crippen molar-refractivity contribution in [3.63, 3.8) is 0 Å². The minimum atomic E-state index is -0.639. The Hall–Kier alpha value is -3.43. The number of imide groups is 1. The fourth-order valence-corrected chi connectivity index (χ4v) is 2.65. The van der Waals surface area contributed by atoms with Crippen LogP contribution in [-0.2, 0) is 14.3 Å². The summed E-state index contributed by atoms with van der Waals surface area (Å²) in [4.78, 5) is 39.1. The number of nitrogens with one attached hydrogen (secondary N) is 3. The van der Waals surface area contributed by atoms with Crippen LogP contribution in [0.5, 0.6) is 0 Å². The van der Waals surface area contributed by atoms with Gasteiger partial charge in [-0.2, -0.15) is 9.61 Å². The minimum absolute atomic E-state index is 0.0173. The van der Waals surface area contributed by atoms with Gasteiger partial charge in [0.2, 0.25) is 5.91 Å². The van der Waals surface area contributed by atoms with Crippen LogP contribution in [0.1, 0.15) is 24.8 Å². The van der Waals surface area contributed by atoms with Gasteiger partial charge < -0.3 is 10.1 Å². The highest BCUT2D eigenvalue weighted by molar-refractivity contribution is 6.15. The highest BCUT2D eigenvalue weighted by atomic mass is 16.5. The van der Waals surface area contributed by atoms with Crippen LogP contribution in [0.2, 0.25) is 0 Å². The highest BCUT2D eigenvalue weighted by Gasteiger charge is 2.25. The van der Waals surface area contributed by atoms with E-state index in [0.717, 1.165) is 12.8 Å². The van der Waals surface area contributed by atoms with Gasteiger partial charge in [0, 0.05) is 23.2 Å². The molecule has 2 fully saturated rings. The van der Waals surface area contributed by atoms with Crippen molar-refractivity contribution >= 4 is 41.3 Å². The van der Waals surface area contributed by atoms with E-state index in [-0.39, 0.29) is 12.3 Å². The Morgan fingerprint density at radius 3 is 2.88 bits per heavy atom. The Labute approximate surface area is 147 Å². The van der Waals surface area contributed by atoms with E-state index in [2.05, 4.69) is 30.8 Å². The smallest absolute Gasteiger partial charge is 0.412 e. The summed E-state index contributed by atoms with van der Waals surface area (Å²) in [5, 5.41) is 12.4. The molecule has 3 amide bonds. The second-order valence-electron chi connectivity index (χ2n) is 6.12. The van der Waals surface area contributed by atoms with Crippen molar-refractivity contribution in [2.45, 2.75) is 25.3 Å². The number of aromatic nitrogens is 3. The van der Waals surface area contributed by atoms with Crippen LogP contribution in [0.4, 0.5) is 16.4 Å². The van der Waals surface area contributed by atoms with Crippen molar-refractivity contribution in [2.75, 3.05) is 17.7 Å². The predicted octanol–water partition coefficient (Wildman–Crippen LogP) is 0.912. The molecule has 3 N–H and O–H groups in total. The second-order valence-corrected chi connectivity index (χ2v) is 6.12. The molecule has 1 saturated heterocycles. The second kappa shape index (κ2) is 6.14. The zero-order valence-electron chi connectivity index (χ0n) is 13.9. The van der Waals surface area contributed by atoms with Gasteiger partial charge in [0.15, 0.2) is 5.65 Å². The third kappa shape index (κ3) is 3.08. The van der Waals surface area contributed by atoms with Gasteiger partial charge in [0.25, 0.3) is 5.91 Å². The number of methoxy groups -OCH3 is 1. The summed E-state index contributed by atoms with van der Waals surface area (Å²) in [6, 6.07) is 2.02. The third-order valence-corrected chi connectivity index (χ3v) is 4.07. The molecular weight excluding hydrogens is 340 g/mol. The Bertz CT molecular complexity index is 959. The molecule has 2 aliphatic rings. The molecule has 2 aromatic rings. The first kappa shape index (κ1) is 16.1. The largest absolute Gasteiger partial charge is 0.453 e. The SMILES string of the molecule is COC(=O)Nc1cc(NC2CC2)n2ncc(/C=C3\CC(=O)NC3=O)c2n1. The van der Waals surface area contributed by atoms with Gasteiger partial charge in [0.05, 0.1) is 19.7 Å². The number of amides is 3. The van der Waals surface area contributed by atoms with E-state index < -0.39 is 12.0 Å². The molecule has 1 aliphatic heterocycles. The number of ether oxygens (including phenoxy) is 1. The quantitative estimate of drug-likeness (QED) is 0.549. The van der Waals surface area contributed by atoms with Crippen LogP contribution in [0.3, 0.4) is 0 Å². The van der Waals surface area contributed by atoms with Crippen molar-refractivity contribution in [2.24, 2.45) is 0 Å². The lowest BCUT2D eigenvalue weighted by Gasteiger charge is -2.10. The number of nitrogens with zero attached hydrogens (tertiary/aromatic N) is 3. The maximum Gasteiger partial charge on any atom is 0.412 e. The zero-order valence-corrected chi connectivity index (χ0v) is 13.9.